The molecule has 1 aliphatic rings. The van der Waals surface area contributed by atoms with E-state index >= 15 is 0 Å². The number of carbonyl (C=O) groups excluding carboxylic acids is 1. The van der Waals surface area contributed by atoms with Crippen molar-refractivity contribution in [1.29, 1.82) is 0 Å². The fourth-order valence-corrected chi connectivity index (χ4v) is 3.56. The van der Waals surface area contributed by atoms with Gasteiger partial charge in [-0.2, -0.15) is 0 Å². The lowest BCUT2D eigenvalue weighted by Crippen LogP contribution is -2.19. The van der Waals surface area contributed by atoms with Crippen LogP contribution in [0.5, 0.6) is 5.75 Å². The van der Waals surface area contributed by atoms with Crippen LogP contribution >= 0.6 is 15.9 Å². The Labute approximate surface area is 165 Å². The molecule has 0 saturated carbocycles. The molecule has 4 rings (SSSR count). The number of rotatable bonds is 3. The monoisotopic (exact) mass is 423 g/mol. The van der Waals surface area contributed by atoms with Gasteiger partial charge in [0.25, 0.3) is 0 Å². The van der Waals surface area contributed by atoms with Gasteiger partial charge in [-0.05, 0) is 61.2 Å². The average Bonchev–Trinajstić information content (AvgIpc) is 2.64. The van der Waals surface area contributed by atoms with Crippen molar-refractivity contribution in [2.45, 2.75) is 26.2 Å². The van der Waals surface area contributed by atoms with Crippen molar-refractivity contribution >= 4 is 27.7 Å². The molecule has 6 heteroatoms. The third-order valence-corrected chi connectivity index (χ3v) is 5.18. The topological polar surface area (TPSA) is 75.1 Å². The SMILES string of the molecule is Cc1nc2c(nc1NC(=O)Cc1ccc(Br)cc1)CCc1cc(O)ccc1-2. The third-order valence-electron chi connectivity index (χ3n) is 4.65. The molecule has 1 amide bonds. The normalized spacial score (nSPS) is 12.2. The average molecular weight is 424 g/mol. The number of benzene rings is 2. The van der Waals surface area contributed by atoms with E-state index in [1.54, 1.807) is 12.1 Å². The highest BCUT2D eigenvalue weighted by molar-refractivity contribution is 9.10. The highest BCUT2D eigenvalue weighted by Crippen LogP contribution is 2.34. The summed E-state index contributed by atoms with van der Waals surface area (Å²) in [4.78, 5) is 21.8. The zero-order valence-electron chi connectivity index (χ0n) is 14.8. The minimum Gasteiger partial charge on any atom is -0.508 e. The Kier molecular flexibility index (Phi) is 4.66. The van der Waals surface area contributed by atoms with Crippen LogP contribution in [0.3, 0.4) is 0 Å². The number of phenols is 1. The second kappa shape index (κ2) is 7.12. The molecule has 0 radical (unpaired) electrons. The van der Waals surface area contributed by atoms with Crippen molar-refractivity contribution in [2.75, 3.05) is 5.32 Å². The van der Waals surface area contributed by atoms with E-state index in [1.807, 2.05) is 37.3 Å². The number of halogens is 1. The molecule has 27 heavy (non-hydrogen) atoms. The zero-order chi connectivity index (χ0) is 19.0. The Bertz CT molecular complexity index is 1030. The van der Waals surface area contributed by atoms with Gasteiger partial charge in [-0.15, -0.1) is 0 Å². The minimum absolute atomic E-state index is 0.115. The minimum atomic E-state index is -0.115. The Morgan fingerprint density at radius 3 is 2.70 bits per heavy atom. The number of nitrogens with zero attached hydrogens (tertiary/aromatic N) is 2. The van der Waals surface area contributed by atoms with Crippen molar-refractivity contribution in [1.82, 2.24) is 9.97 Å². The van der Waals surface area contributed by atoms with Crippen molar-refractivity contribution in [3.8, 4) is 17.0 Å². The number of fused-ring (bicyclic) bond motifs is 3. The zero-order valence-corrected chi connectivity index (χ0v) is 16.4. The number of nitrogens with one attached hydrogen (secondary N) is 1. The number of aromatic nitrogens is 2. The van der Waals surface area contributed by atoms with E-state index in [4.69, 9.17) is 4.98 Å². The molecule has 3 aromatic rings. The molecule has 0 atom stereocenters. The number of hydrogen-bond donors (Lipinski definition) is 2. The highest BCUT2D eigenvalue weighted by atomic mass is 79.9. The summed E-state index contributed by atoms with van der Waals surface area (Å²) in [6, 6.07) is 13.0. The molecule has 0 aliphatic heterocycles. The number of hydrogen-bond acceptors (Lipinski definition) is 4. The maximum Gasteiger partial charge on any atom is 0.229 e. The van der Waals surface area contributed by atoms with Crippen LogP contribution in [0.2, 0.25) is 0 Å². The molecular weight excluding hydrogens is 406 g/mol. The summed E-state index contributed by atoms with van der Waals surface area (Å²) < 4.78 is 0.983. The summed E-state index contributed by atoms with van der Waals surface area (Å²) in [7, 11) is 0. The Hall–Kier alpha value is -2.73. The molecular formula is C21H18BrN3O2. The van der Waals surface area contributed by atoms with Crippen LogP contribution in [0, 0.1) is 6.92 Å². The standard InChI is InChI=1S/C21H18BrN3O2/c1-12-21(25-19(27)10-13-2-5-15(22)6-3-13)24-18-9-4-14-11-16(26)7-8-17(14)20(18)23-12/h2-3,5-8,11,26H,4,9-10H2,1H3,(H,24,25,27). The maximum absolute atomic E-state index is 12.4. The van der Waals surface area contributed by atoms with E-state index in [1.165, 1.54) is 0 Å². The predicted molar refractivity (Wildman–Crippen MR) is 108 cm³/mol. The van der Waals surface area contributed by atoms with Gasteiger partial charge in [0, 0.05) is 10.0 Å². The number of aromatic hydroxyl groups is 1. The molecule has 2 aromatic carbocycles. The van der Waals surface area contributed by atoms with Crippen LogP contribution in [0.25, 0.3) is 11.3 Å². The lowest BCUT2D eigenvalue weighted by Gasteiger charge is -2.20. The number of carbonyl (C=O) groups is 1. The summed E-state index contributed by atoms with van der Waals surface area (Å²) in [6.45, 7) is 1.84. The molecule has 136 valence electrons. The molecule has 0 bridgehead atoms. The van der Waals surface area contributed by atoms with Crippen molar-refractivity contribution in [3.05, 3.63) is 69.5 Å². The quantitative estimate of drug-likeness (QED) is 0.661. The summed E-state index contributed by atoms with van der Waals surface area (Å²) in [6.07, 6.45) is 1.81. The van der Waals surface area contributed by atoms with Crippen LogP contribution in [-0.2, 0) is 24.1 Å². The number of phenolic OH excluding ortho intramolecular Hbond substituents is 1. The van der Waals surface area contributed by atoms with Crippen molar-refractivity contribution < 1.29 is 9.90 Å². The van der Waals surface area contributed by atoms with Crippen LogP contribution < -0.4 is 5.32 Å². The van der Waals surface area contributed by atoms with Crippen molar-refractivity contribution in [3.63, 3.8) is 0 Å². The highest BCUT2D eigenvalue weighted by Gasteiger charge is 2.21. The number of amides is 1. The molecule has 0 fully saturated rings. The van der Waals surface area contributed by atoms with Gasteiger partial charge in [-0.25, -0.2) is 9.97 Å². The maximum atomic E-state index is 12.4. The van der Waals surface area contributed by atoms with Gasteiger partial charge in [0.1, 0.15) is 5.75 Å². The van der Waals surface area contributed by atoms with Gasteiger partial charge in [-0.1, -0.05) is 28.1 Å². The van der Waals surface area contributed by atoms with Gasteiger partial charge >= 0.3 is 0 Å². The lowest BCUT2D eigenvalue weighted by atomic mass is 9.91. The Balaban J connectivity index is 1.57. The van der Waals surface area contributed by atoms with Crippen LogP contribution in [0.4, 0.5) is 5.82 Å². The largest absolute Gasteiger partial charge is 0.508 e. The Morgan fingerprint density at radius 2 is 1.93 bits per heavy atom. The summed E-state index contributed by atoms with van der Waals surface area (Å²) >= 11 is 3.39. The summed E-state index contributed by atoms with van der Waals surface area (Å²) in [5.41, 5.74) is 5.39. The molecule has 1 aromatic heterocycles. The van der Waals surface area contributed by atoms with E-state index in [2.05, 4.69) is 26.2 Å². The second-order valence-electron chi connectivity index (χ2n) is 6.65. The fourth-order valence-electron chi connectivity index (χ4n) is 3.30. The first-order chi connectivity index (χ1) is 13.0. The van der Waals surface area contributed by atoms with E-state index in [0.717, 1.165) is 45.4 Å². The van der Waals surface area contributed by atoms with E-state index < -0.39 is 0 Å². The number of aryl methyl sites for hydroxylation is 3. The molecule has 5 nitrogen and oxygen atoms in total. The van der Waals surface area contributed by atoms with E-state index in [9.17, 15) is 9.90 Å². The predicted octanol–water partition coefficient (Wildman–Crippen LogP) is 4.20. The van der Waals surface area contributed by atoms with Gasteiger partial charge in [0.2, 0.25) is 5.91 Å². The van der Waals surface area contributed by atoms with Gasteiger partial charge in [0.05, 0.1) is 23.5 Å². The van der Waals surface area contributed by atoms with Crippen LogP contribution in [0.15, 0.2) is 46.9 Å². The van der Waals surface area contributed by atoms with E-state index in [0.29, 0.717) is 11.5 Å². The molecule has 1 aliphatic carbocycles. The molecule has 1 heterocycles. The molecule has 0 unspecified atom stereocenters. The van der Waals surface area contributed by atoms with Crippen LogP contribution in [-0.4, -0.2) is 21.0 Å². The first-order valence-electron chi connectivity index (χ1n) is 8.73. The van der Waals surface area contributed by atoms with Gasteiger partial charge in [0.15, 0.2) is 5.82 Å². The summed E-state index contributed by atoms with van der Waals surface area (Å²) in [5.74, 6) is 0.660. The smallest absolute Gasteiger partial charge is 0.229 e. The number of anilines is 1. The third kappa shape index (κ3) is 3.71. The fraction of sp³-hybridized carbons (Fsp3) is 0.190. The summed E-state index contributed by atoms with van der Waals surface area (Å²) in [5, 5.41) is 12.6. The van der Waals surface area contributed by atoms with Gasteiger partial charge < -0.3 is 10.4 Å². The van der Waals surface area contributed by atoms with Crippen molar-refractivity contribution in [2.24, 2.45) is 0 Å². The first kappa shape index (κ1) is 17.7. The second-order valence-corrected chi connectivity index (χ2v) is 7.56. The Morgan fingerprint density at radius 1 is 1.15 bits per heavy atom. The van der Waals surface area contributed by atoms with Gasteiger partial charge in [-0.3, -0.25) is 4.79 Å². The molecule has 0 spiro atoms. The molecule has 0 saturated heterocycles. The molecule has 2 N–H and O–H groups in total. The first-order valence-corrected chi connectivity index (χ1v) is 9.53. The van der Waals surface area contributed by atoms with E-state index in [-0.39, 0.29) is 18.1 Å². The lowest BCUT2D eigenvalue weighted by molar-refractivity contribution is -0.115. The van der Waals surface area contributed by atoms with Crippen LogP contribution in [0.1, 0.15) is 22.5 Å².